The summed E-state index contributed by atoms with van der Waals surface area (Å²) in [6, 6.07) is 0.280. The molecule has 0 aliphatic carbocycles. The van der Waals surface area contributed by atoms with E-state index in [1.54, 1.807) is 0 Å². The van der Waals surface area contributed by atoms with Crippen LogP contribution >= 0.6 is 0 Å². The second-order valence-electron chi connectivity index (χ2n) is 1.50. The quantitative estimate of drug-likeness (QED) is 0.495. The summed E-state index contributed by atoms with van der Waals surface area (Å²) in [6.45, 7) is 5.48. The molecule has 0 saturated carbocycles. The number of nitrogens with two attached hydrogens (primary N) is 1. The van der Waals surface area contributed by atoms with Crippen molar-refractivity contribution in [3.63, 3.8) is 0 Å². The molecule has 0 aliphatic heterocycles. The standard InChI is InChI=1S/C5H11N/c1-3-4-5(2)6/h3,5H,1,4,6H2,2H3. The van der Waals surface area contributed by atoms with Gasteiger partial charge in [-0.25, -0.2) is 0 Å². The minimum atomic E-state index is 0.280. The van der Waals surface area contributed by atoms with Gasteiger partial charge in [-0.05, 0) is 13.3 Å². The first-order chi connectivity index (χ1) is 2.77. The summed E-state index contributed by atoms with van der Waals surface area (Å²) in [5, 5.41) is 0. The molecule has 2 N–H and O–H groups in total. The van der Waals surface area contributed by atoms with Crippen molar-refractivity contribution < 1.29 is 0 Å². The highest BCUT2D eigenvalue weighted by Crippen LogP contribution is 1.82. The van der Waals surface area contributed by atoms with Crippen molar-refractivity contribution >= 4 is 0 Å². The molecule has 1 nitrogen and oxygen atoms in total. The zero-order chi connectivity index (χ0) is 4.99. The van der Waals surface area contributed by atoms with Crippen LogP contribution in [0.5, 0.6) is 0 Å². The van der Waals surface area contributed by atoms with Crippen molar-refractivity contribution in [2.45, 2.75) is 19.4 Å². The normalized spacial score (nSPS) is 13.7. The van der Waals surface area contributed by atoms with Gasteiger partial charge in [-0.1, -0.05) is 6.08 Å². The Morgan fingerprint density at radius 3 is 2.50 bits per heavy atom. The summed E-state index contributed by atoms with van der Waals surface area (Å²) in [5.74, 6) is 0. The van der Waals surface area contributed by atoms with Crippen molar-refractivity contribution in [1.29, 1.82) is 0 Å². The van der Waals surface area contributed by atoms with Crippen LogP contribution in [0.3, 0.4) is 0 Å². The molecule has 0 bridgehead atoms. The third-order valence-corrected chi connectivity index (χ3v) is 0.538. The molecule has 0 aromatic carbocycles. The molecular weight excluding hydrogens is 74.1 g/mol. The molecule has 0 amide bonds. The highest BCUT2D eigenvalue weighted by molar-refractivity contribution is 4.71. The monoisotopic (exact) mass is 85.1 g/mol. The van der Waals surface area contributed by atoms with Crippen molar-refractivity contribution in [2.75, 3.05) is 0 Å². The molecule has 36 valence electrons. The van der Waals surface area contributed by atoms with Gasteiger partial charge in [0.2, 0.25) is 0 Å². The second kappa shape index (κ2) is 2.91. The number of hydrogen-bond donors (Lipinski definition) is 1. The van der Waals surface area contributed by atoms with E-state index in [0.29, 0.717) is 0 Å². The average molecular weight is 85.2 g/mol. The van der Waals surface area contributed by atoms with Crippen LogP contribution in [0.4, 0.5) is 0 Å². The Balaban J connectivity index is 2.81. The zero-order valence-corrected chi connectivity index (χ0v) is 4.15. The minimum Gasteiger partial charge on any atom is -0.328 e. The van der Waals surface area contributed by atoms with Crippen molar-refractivity contribution in [1.82, 2.24) is 0 Å². The highest BCUT2D eigenvalue weighted by Gasteiger charge is 1.82. The van der Waals surface area contributed by atoms with E-state index in [1.807, 2.05) is 13.0 Å². The Labute approximate surface area is 38.8 Å². The van der Waals surface area contributed by atoms with E-state index in [9.17, 15) is 0 Å². The van der Waals surface area contributed by atoms with Crippen LogP contribution in [-0.2, 0) is 0 Å². The fourth-order valence-corrected chi connectivity index (χ4v) is 0.263. The number of hydrogen-bond acceptors (Lipinski definition) is 1. The van der Waals surface area contributed by atoms with Crippen LogP contribution in [0.15, 0.2) is 12.7 Å². The van der Waals surface area contributed by atoms with Crippen LogP contribution in [0.1, 0.15) is 13.3 Å². The van der Waals surface area contributed by atoms with Crippen molar-refractivity contribution in [3.8, 4) is 0 Å². The Kier molecular flexibility index (Phi) is 2.77. The van der Waals surface area contributed by atoms with Gasteiger partial charge in [-0.3, -0.25) is 0 Å². The molecule has 0 saturated heterocycles. The second-order valence-corrected chi connectivity index (χ2v) is 1.50. The van der Waals surface area contributed by atoms with Gasteiger partial charge in [0.25, 0.3) is 0 Å². The van der Waals surface area contributed by atoms with Crippen LogP contribution < -0.4 is 5.73 Å². The molecule has 0 aromatic rings. The van der Waals surface area contributed by atoms with Gasteiger partial charge in [0.1, 0.15) is 0 Å². The van der Waals surface area contributed by atoms with E-state index < -0.39 is 0 Å². The fourth-order valence-electron chi connectivity index (χ4n) is 0.263. The van der Waals surface area contributed by atoms with E-state index in [-0.39, 0.29) is 6.04 Å². The van der Waals surface area contributed by atoms with Crippen LogP contribution in [0.2, 0.25) is 0 Å². The predicted octanol–water partition coefficient (Wildman–Crippen LogP) is 0.910. The van der Waals surface area contributed by atoms with Gasteiger partial charge in [-0.15, -0.1) is 6.58 Å². The maximum absolute atomic E-state index is 5.33. The molecule has 0 heterocycles. The third kappa shape index (κ3) is 3.70. The Morgan fingerprint density at radius 1 is 2.00 bits per heavy atom. The van der Waals surface area contributed by atoms with E-state index in [1.165, 1.54) is 0 Å². The molecule has 0 aromatic heterocycles. The van der Waals surface area contributed by atoms with Crippen LogP contribution in [0, 0.1) is 0 Å². The van der Waals surface area contributed by atoms with Crippen LogP contribution in [-0.4, -0.2) is 6.04 Å². The lowest BCUT2D eigenvalue weighted by Gasteiger charge is -1.93. The molecule has 0 radical (unpaired) electrons. The van der Waals surface area contributed by atoms with Gasteiger partial charge in [0.15, 0.2) is 0 Å². The minimum absolute atomic E-state index is 0.280. The van der Waals surface area contributed by atoms with Gasteiger partial charge in [0.05, 0.1) is 0 Å². The molecule has 0 spiro atoms. The maximum Gasteiger partial charge on any atom is 0.00449 e. The third-order valence-electron chi connectivity index (χ3n) is 0.538. The van der Waals surface area contributed by atoms with E-state index >= 15 is 0 Å². The summed E-state index contributed by atoms with van der Waals surface area (Å²) >= 11 is 0. The Morgan fingerprint density at radius 2 is 2.50 bits per heavy atom. The molecule has 1 atom stereocenters. The first-order valence-corrected chi connectivity index (χ1v) is 2.14. The van der Waals surface area contributed by atoms with Crippen LogP contribution in [0.25, 0.3) is 0 Å². The fraction of sp³-hybridized carbons (Fsp3) is 0.600. The van der Waals surface area contributed by atoms with Gasteiger partial charge >= 0.3 is 0 Å². The molecule has 6 heavy (non-hydrogen) atoms. The smallest absolute Gasteiger partial charge is 0.00449 e. The SMILES string of the molecule is C=CCC(C)N. The molecule has 1 heteroatoms. The molecule has 0 fully saturated rings. The Bertz CT molecular complexity index is 39.2. The van der Waals surface area contributed by atoms with Gasteiger partial charge in [-0.2, -0.15) is 0 Å². The topological polar surface area (TPSA) is 26.0 Å². The van der Waals surface area contributed by atoms with Gasteiger partial charge < -0.3 is 5.73 Å². The number of rotatable bonds is 2. The highest BCUT2D eigenvalue weighted by atomic mass is 14.6. The zero-order valence-electron chi connectivity index (χ0n) is 4.15. The summed E-state index contributed by atoms with van der Waals surface area (Å²) < 4.78 is 0. The van der Waals surface area contributed by atoms with Gasteiger partial charge in [0, 0.05) is 6.04 Å². The summed E-state index contributed by atoms with van der Waals surface area (Å²) in [7, 11) is 0. The van der Waals surface area contributed by atoms with Crippen molar-refractivity contribution in [2.24, 2.45) is 5.73 Å². The molecule has 0 rings (SSSR count). The molecular formula is C5H11N. The molecule has 1 unspecified atom stereocenters. The predicted molar refractivity (Wildman–Crippen MR) is 28.5 cm³/mol. The summed E-state index contributed by atoms with van der Waals surface area (Å²) in [6.07, 6.45) is 2.74. The average Bonchev–Trinajstić information content (AvgIpc) is 1.35. The lowest BCUT2D eigenvalue weighted by molar-refractivity contribution is 0.758. The maximum atomic E-state index is 5.33. The van der Waals surface area contributed by atoms with E-state index in [0.717, 1.165) is 6.42 Å². The first kappa shape index (κ1) is 5.70. The lowest BCUT2D eigenvalue weighted by Crippen LogP contribution is -2.12. The largest absolute Gasteiger partial charge is 0.328 e. The van der Waals surface area contributed by atoms with Crippen molar-refractivity contribution in [3.05, 3.63) is 12.7 Å². The molecule has 0 aliphatic rings. The first-order valence-electron chi connectivity index (χ1n) is 2.14. The summed E-state index contributed by atoms with van der Waals surface area (Å²) in [4.78, 5) is 0. The van der Waals surface area contributed by atoms with E-state index in [4.69, 9.17) is 5.73 Å². The van der Waals surface area contributed by atoms with E-state index in [2.05, 4.69) is 6.58 Å². The lowest BCUT2D eigenvalue weighted by atomic mass is 10.3. The Hall–Kier alpha value is -0.300. The summed E-state index contributed by atoms with van der Waals surface area (Å²) in [5.41, 5.74) is 5.33.